The monoisotopic (exact) mass is 342 g/mol. The fourth-order valence-electron chi connectivity index (χ4n) is 2.09. The Morgan fingerprint density at radius 2 is 1.90 bits per heavy atom. The number of hydrogen-bond acceptors (Lipinski definition) is 3. The molecule has 0 radical (unpaired) electrons. The highest BCUT2D eigenvalue weighted by Gasteiger charge is 2.09. The van der Waals surface area contributed by atoms with Crippen molar-refractivity contribution in [3.05, 3.63) is 64.3 Å². The maximum atomic E-state index is 4.25. The highest BCUT2D eigenvalue weighted by molar-refractivity contribution is 9.10. The second kappa shape index (κ2) is 6.10. The number of aromatic nitrogens is 3. The summed E-state index contributed by atoms with van der Waals surface area (Å²) in [7, 11) is 0. The van der Waals surface area contributed by atoms with Gasteiger partial charge in [-0.05, 0) is 24.6 Å². The second-order valence-corrected chi connectivity index (χ2v) is 5.66. The molecule has 21 heavy (non-hydrogen) atoms. The first-order valence-electron chi connectivity index (χ1n) is 6.69. The van der Waals surface area contributed by atoms with Gasteiger partial charge in [-0.2, -0.15) is 15.4 Å². The number of anilines is 1. The van der Waals surface area contributed by atoms with Gasteiger partial charge in [0.05, 0.1) is 6.54 Å². The van der Waals surface area contributed by atoms with Crippen LogP contribution in [0.15, 0.2) is 53.0 Å². The van der Waals surface area contributed by atoms with Crippen LogP contribution in [0.2, 0.25) is 0 Å². The minimum absolute atomic E-state index is 0.621. The Balaban J connectivity index is 1.77. The molecule has 1 heterocycles. The van der Waals surface area contributed by atoms with Crippen molar-refractivity contribution in [3.8, 4) is 11.3 Å². The summed E-state index contributed by atoms with van der Waals surface area (Å²) < 4.78 is 1.09. The molecule has 0 atom stereocenters. The lowest BCUT2D eigenvalue weighted by Gasteiger charge is -2.07. The predicted molar refractivity (Wildman–Crippen MR) is 88.0 cm³/mol. The largest absolute Gasteiger partial charge is 0.379 e. The zero-order chi connectivity index (χ0) is 14.7. The molecule has 0 amide bonds. The van der Waals surface area contributed by atoms with Gasteiger partial charge < -0.3 is 5.32 Å². The molecule has 0 saturated carbocycles. The SMILES string of the molecule is Cc1ccc(NCc2n[nH]nc2-c2ccccc2)cc1Br. The zero-order valence-electron chi connectivity index (χ0n) is 11.6. The summed E-state index contributed by atoms with van der Waals surface area (Å²) >= 11 is 3.54. The molecule has 3 aromatic rings. The van der Waals surface area contributed by atoms with Crippen LogP contribution in [0.25, 0.3) is 11.3 Å². The van der Waals surface area contributed by atoms with Crippen LogP contribution in [0, 0.1) is 6.92 Å². The van der Waals surface area contributed by atoms with Gasteiger partial charge in [-0.3, -0.25) is 0 Å². The van der Waals surface area contributed by atoms with Gasteiger partial charge in [0.2, 0.25) is 0 Å². The average Bonchev–Trinajstić information content (AvgIpc) is 2.98. The predicted octanol–water partition coefficient (Wildman–Crippen LogP) is 4.15. The van der Waals surface area contributed by atoms with E-state index in [9.17, 15) is 0 Å². The molecule has 5 heteroatoms. The Labute approximate surface area is 131 Å². The normalized spacial score (nSPS) is 10.6. The smallest absolute Gasteiger partial charge is 0.117 e. The molecule has 4 nitrogen and oxygen atoms in total. The maximum absolute atomic E-state index is 4.25. The average molecular weight is 343 g/mol. The van der Waals surface area contributed by atoms with Gasteiger partial charge in [0.1, 0.15) is 11.4 Å². The Morgan fingerprint density at radius 3 is 2.67 bits per heavy atom. The number of halogens is 1. The lowest BCUT2D eigenvalue weighted by Crippen LogP contribution is -2.01. The van der Waals surface area contributed by atoms with Crippen molar-refractivity contribution in [1.29, 1.82) is 0 Å². The molecule has 2 aromatic carbocycles. The number of benzene rings is 2. The molecule has 2 N–H and O–H groups in total. The summed E-state index contributed by atoms with van der Waals surface area (Å²) in [4.78, 5) is 0. The summed E-state index contributed by atoms with van der Waals surface area (Å²) in [6.45, 7) is 2.69. The van der Waals surface area contributed by atoms with Crippen LogP contribution in [0.3, 0.4) is 0 Å². The molecule has 106 valence electrons. The van der Waals surface area contributed by atoms with E-state index in [0.29, 0.717) is 6.54 Å². The van der Waals surface area contributed by atoms with Crippen molar-refractivity contribution in [1.82, 2.24) is 15.4 Å². The van der Waals surface area contributed by atoms with E-state index in [1.54, 1.807) is 0 Å². The number of hydrogen-bond donors (Lipinski definition) is 2. The van der Waals surface area contributed by atoms with E-state index in [4.69, 9.17) is 0 Å². The van der Waals surface area contributed by atoms with Crippen LogP contribution in [0.4, 0.5) is 5.69 Å². The molecular weight excluding hydrogens is 328 g/mol. The van der Waals surface area contributed by atoms with E-state index in [-0.39, 0.29) is 0 Å². The Hall–Kier alpha value is -2.14. The number of H-pyrrole nitrogens is 1. The van der Waals surface area contributed by atoms with Crippen molar-refractivity contribution in [2.45, 2.75) is 13.5 Å². The molecule has 0 spiro atoms. The molecule has 3 rings (SSSR count). The van der Waals surface area contributed by atoms with Crippen molar-refractivity contribution in [3.63, 3.8) is 0 Å². The standard InChI is InChI=1S/C16H15BrN4/c1-11-7-8-13(9-14(11)17)18-10-15-16(20-21-19-15)12-5-3-2-4-6-12/h2-9,18H,10H2,1H3,(H,19,20,21). The summed E-state index contributed by atoms with van der Waals surface area (Å²) in [5.74, 6) is 0. The summed E-state index contributed by atoms with van der Waals surface area (Å²) in [5.41, 5.74) is 5.11. The molecule has 0 aliphatic rings. The minimum Gasteiger partial charge on any atom is -0.379 e. The Bertz CT molecular complexity index is 737. The Morgan fingerprint density at radius 1 is 1.10 bits per heavy atom. The zero-order valence-corrected chi connectivity index (χ0v) is 13.2. The van der Waals surface area contributed by atoms with Gasteiger partial charge in [0.25, 0.3) is 0 Å². The molecule has 0 aliphatic heterocycles. The van der Waals surface area contributed by atoms with E-state index < -0.39 is 0 Å². The first-order chi connectivity index (χ1) is 10.2. The first-order valence-corrected chi connectivity index (χ1v) is 7.48. The lowest BCUT2D eigenvalue weighted by atomic mass is 10.1. The lowest BCUT2D eigenvalue weighted by molar-refractivity contribution is 0.911. The highest BCUT2D eigenvalue weighted by Crippen LogP contribution is 2.23. The summed E-state index contributed by atoms with van der Waals surface area (Å²) in [5, 5.41) is 14.6. The molecule has 1 aromatic heterocycles. The summed E-state index contributed by atoms with van der Waals surface area (Å²) in [6, 6.07) is 16.3. The topological polar surface area (TPSA) is 53.6 Å². The van der Waals surface area contributed by atoms with E-state index in [2.05, 4.69) is 61.8 Å². The minimum atomic E-state index is 0.621. The first kappa shape index (κ1) is 13.8. The quantitative estimate of drug-likeness (QED) is 0.748. The van der Waals surface area contributed by atoms with Crippen molar-refractivity contribution < 1.29 is 0 Å². The molecule has 0 aliphatic carbocycles. The maximum Gasteiger partial charge on any atom is 0.117 e. The molecule has 0 saturated heterocycles. The number of nitrogens with one attached hydrogen (secondary N) is 2. The van der Waals surface area contributed by atoms with Gasteiger partial charge >= 0.3 is 0 Å². The number of rotatable bonds is 4. The fourth-order valence-corrected chi connectivity index (χ4v) is 2.47. The van der Waals surface area contributed by atoms with E-state index >= 15 is 0 Å². The molecule has 0 unspecified atom stereocenters. The molecular formula is C16H15BrN4. The van der Waals surface area contributed by atoms with E-state index in [1.807, 2.05) is 30.3 Å². The highest BCUT2D eigenvalue weighted by atomic mass is 79.9. The Kier molecular flexibility index (Phi) is 4.01. The van der Waals surface area contributed by atoms with E-state index in [0.717, 1.165) is 27.1 Å². The second-order valence-electron chi connectivity index (χ2n) is 4.80. The molecule has 0 fully saturated rings. The van der Waals surface area contributed by atoms with Gasteiger partial charge in [0, 0.05) is 15.7 Å². The number of aryl methyl sites for hydroxylation is 1. The van der Waals surface area contributed by atoms with Gasteiger partial charge in [0.15, 0.2) is 0 Å². The van der Waals surface area contributed by atoms with Gasteiger partial charge in [-0.1, -0.05) is 52.3 Å². The third-order valence-electron chi connectivity index (χ3n) is 3.30. The third-order valence-corrected chi connectivity index (χ3v) is 4.15. The van der Waals surface area contributed by atoms with Crippen LogP contribution in [-0.4, -0.2) is 15.4 Å². The van der Waals surface area contributed by atoms with E-state index in [1.165, 1.54) is 5.56 Å². The number of nitrogens with zero attached hydrogens (tertiary/aromatic N) is 2. The van der Waals surface area contributed by atoms with Crippen LogP contribution in [0.1, 0.15) is 11.3 Å². The van der Waals surface area contributed by atoms with Crippen molar-refractivity contribution >= 4 is 21.6 Å². The number of aromatic amines is 1. The van der Waals surface area contributed by atoms with Crippen molar-refractivity contribution in [2.75, 3.05) is 5.32 Å². The van der Waals surface area contributed by atoms with Crippen LogP contribution in [-0.2, 0) is 6.54 Å². The fraction of sp³-hybridized carbons (Fsp3) is 0.125. The van der Waals surface area contributed by atoms with Gasteiger partial charge in [-0.25, -0.2) is 0 Å². The summed E-state index contributed by atoms with van der Waals surface area (Å²) in [6.07, 6.45) is 0. The van der Waals surface area contributed by atoms with Crippen LogP contribution < -0.4 is 5.32 Å². The van der Waals surface area contributed by atoms with Crippen molar-refractivity contribution in [2.24, 2.45) is 0 Å². The molecule has 0 bridgehead atoms. The van der Waals surface area contributed by atoms with Crippen LogP contribution in [0.5, 0.6) is 0 Å². The van der Waals surface area contributed by atoms with Gasteiger partial charge in [-0.15, -0.1) is 0 Å². The van der Waals surface area contributed by atoms with Crippen LogP contribution >= 0.6 is 15.9 Å². The third kappa shape index (κ3) is 3.13.